The number of fused-ring (bicyclic) bond motifs is 1. The Balaban J connectivity index is 2.15. The molecule has 2 aromatic rings. The number of rotatable bonds is 4. The molecule has 2 N–H and O–H groups in total. The number of pyridine rings is 1. The Bertz CT molecular complexity index is 528. The van der Waals surface area contributed by atoms with E-state index in [0.29, 0.717) is 5.65 Å². The van der Waals surface area contributed by atoms with Crippen LogP contribution in [0.5, 0.6) is 0 Å². The summed E-state index contributed by atoms with van der Waals surface area (Å²) in [6.07, 6.45) is 1.08. The van der Waals surface area contributed by atoms with E-state index in [1.54, 1.807) is 0 Å². The van der Waals surface area contributed by atoms with E-state index in [9.17, 15) is 13.2 Å². The van der Waals surface area contributed by atoms with Gasteiger partial charge in [0.25, 0.3) is 5.92 Å². The zero-order valence-electron chi connectivity index (χ0n) is 8.57. The minimum Gasteiger partial charge on any atom is -0.390 e. The van der Waals surface area contributed by atoms with Crippen LogP contribution in [0, 0.1) is 5.82 Å². The first-order valence-electron chi connectivity index (χ1n) is 4.75. The van der Waals surface area contributed by atoms with Gasteiger partial charge >= 0.3 is 0 Å². The summed E-state index contributed by atoms with van der Waals surface area (Å²) in [6, 6.07) is 2.56. The van der Waals surface area contributed by atoms with E-state index >= 15 is 0 Å². The van der Waals surface area contributed by atoms with Gasteiger partial charge in [0.15, 0.2) is 5.65 Å². The molecule has 0 atom stereocenters. The Kier molecular flexibility index (Phi) is 2.88. The van der Waals surface area contributed by atoms with Gasteiger partial charge in [0.1, 0.15) is 12.4 Å². The molecule has 0 amide bonds. The molecule has 5 nitrogen and oxygen atoms in total. The highest BCUT2D eigenvalue weighted by molar-refractivity contribution is 5.43. The van der Waals surface area contributed by atoms with Gasteiger partial charge < -0.3 is 10.4 Å². The van der Waals surface area contributed by atoms with Crippen LogP contribution < -0.4 is 5.32 Å². The predicted molar refractivity (Wildman–Crippen MR) is 53.5 cm³/mol. The molecule has 2 aromatic heterocycles. The molecule has 8 heteroatoms. The molecule has 0 saturated heterocycles. The minimum absolute atomic E-state index is 0.0521. The lowest BCUT2D eigenvalue weighted by atomic mass is 10.3. The Labute approximate surface area is 93.9 Å². The first kappa shape index (κ1) is 11.6. The van der Waals surface area contributed by atoms with Crippen LogP contribution in [0.4, 0.5) is 19.1 Å². The van der Waals surface area contributed by atoms with Crippen molar-refractivity contribution in [3.8, 4) is 0 Å². The quantitative estimate of drug-likeness (QED) is 0.841. The van der Waals surface area contributed by atoms with E-state index in [2.05, 4.69) is 15.4 Å². The van der Waals surface area contributed by atoms with Gasteiger partial charge in [-0.2, -0.15) is 4.98 Å². The van der Waals surface area contributed by atoms with Gasteiger partial charge in [0.2, 0.25) is 5.95 Å². The molecule has 0 saturated carbocycles. The number of anilines is 1. The standard InChI is InChI=1S/C9H9F3N4O/c10-6-1-2-7-14-8(15-16(7)3-6)13-4-9(11,12)5-17/h1-3,17H,4-5H2,(H,13,15). The number of nitrogens with one attached hydrogen (secondary N) is 1. The van der Waals surface area contributed by atoms with Crippen molar-refractivity contribution in [2.24, 2.45) is 0 Å². The van der Waals surface area contributed by atoms with Gasteiger partial charge in [-0.1, -0.05) is 0 Å². The second-order valence-corrected chi connectivity index (χ2v) is 3.45. The number of nitrogens with zero attached hydrogens (tertiary/aromatic N) is 3. The van der Waals surface area contributed by atoms with E-state index in [1.165, 1.54) is 12.1 Å². The van der Waals surface area contributed by atoms with E-state index in [1.807, 2.05) is 0 Å². The highest BCUT2D eigenvalue weighted by Gasteiger charge is 2.27. The summed E-state index contributed by atoms with van der Waals surface area (Å²) in [5.41, 5.74) is 0.334. The molecule has 0 aromatic carbocycles. The van der Waals surface area contributed by atoms with Crippen molar-refractivity contribution in [3.05, 3.63) is 24.1 Å². The third-order valence-electron chi connectivity index (χ3n) is 2.03. The molecule has 0 aliphatic heterocycles. The lowest BCUT2D eigenvalue weighted by Gasteiger charge is -2.12. The fourth-order valence-electron chi connectivity index (χ4n) is 1.20. The average Bonchev–Trinajstić information content (AvgIpc) is 2.68. The molecule has 17 heavy (non-hydrogen) atoms. The highest BCUT2D eigenvalue weighted by Crippen LogP contribution is 2.13. The van der Waals surface area contributed by atoms with Crippen LogP contribution in [0.25, 0.3) is 5.65 Å². The van der Waals surface area contributed by atoms with Gasteiger partial charge in [0, 0.05) is 0 Å². The van der Waals surface area contributed by atoms with Gasteiger partial charge in [-0.15, -0.1) is 5.10 Å². The summed E-state index contributed by atoms with van der Waals surface area (Å²) in [5.74, 6) is -3.80. The van der Waals surface area contributed by atoms with E-state index in [4.69, 9.17) is 5.11 Å². The minimum atomic E-state index is -3.25. The van der Waals surface area contributed by atoms with E-state index in [0.717, 1.165) is 10.7 Å². The van der Waals surface area contributed by atoms with Crippen LogP contribution in [0.3, 0.4) is 0 Å². The molecular weight excluding hydrogens is 237 g/mol. The Morgan fingerprint density at radius 2 is 2.18 bits per heavy atom. The topological polar surface area (TPSA) is 62.5 Å². The normalized spacial score (nSPS) is 12.0. The molecule has 0 aliphatic rings. The van der Waals surface area contributed by atoms with Crippen LogP contribution >= 0.6 is 0 Å². The molecule has 0 aliphatic carbocycles. The van der Waals surface area contributed by atoms with Crippen molar-refractivity contribution in [3.63, 3.8) is 0 Å². The maximum atomic E-state index is 12.8. The fourth-order valence-corrected chi connectivity index (χ4v) is 1.20. The fraction of sp³-hybridized carbons (Fsp3) is 0.333. The second kappa shape index (κ2) is 4.21. The summed E-state index contributed by atoms with van der Waals surface area (Å²) >= 11 is 0. The molecular formula is C9H9F3N4O. The van der Waals surface area contributed by atoms with Crippen molar-refractivity contribution < 1.29 is 18.3 Å². The molecule has 2 heterocycles. The Morgan fingerprint density at radius 3 is 2.88 bits per heavy atom. The van der Waals surface area contributed by atoms with Crippen LogP contribution in [0.15, 0.2) is 18.3 Å². The predicted octanol–water partition coefficient (Wildman–Crippen LogP) is 0.908. The maximum Gasteiger partial charge on any atom is 0.287 e. The van der Waals surface area contributed by atoms with Crippen LogP contribution in [0.2, 0.25) is 0 Å². The maximum absolute atomic E-state index is 12.8. The number of halogens is 3. The molecule has 0 spiro atoms. The van der Waals surface area contributed by atoms with E-state index < -0.39 is 24.9 Å². The van der Waals surface area contributed by atoms with Gasteiger partial charge in [-0.3, -0.25) is 0 Å². The van der Waals surface area contributed by atoms with Gasteiger partial charge in [-0.05, 0) is 12.1 Å². The van der Waals surface area contributed by atoms with Crippen molar-refractivity contribution in [2.45, 2.75) is 5.92 Å². The first-order valence-corrected chi connectivity index (χ1v) is 4.75. The largest absolute Gasteiger partial charge is 0.390 e. The first-order chi connectivity index (χ1) is 8.00. The SMILES string of the molecule is OCC(F)(F)CNc1nc2ccc(F)cn2n1. The number of aliphatic hydroxyl groups excluding tert-OH is 1. The van der Waals surface area contributed by atoms with Crippen LogP contribution in [0.1, 0.15) is 0 Å². The zero-order valence-corrected chi connectivity index (χ0v) is 8.57. The van der Waals surface area contributed by atoms with Gasteiger partial charge in [-0.25, -0.2) is 17.7 Å². The Morgan fingerprint density at radius 1 is 1.41 bits per heavy atom. The van der Waals surface area contributed by atoms with Crippen molar-refractivity contribution in [2.75, 3.05) is 18.5 Å². The number of hydrogen-bond donors (Lipinski definition) is 2. The smallest absolute Gasteiger partial charge is 0.287 e. The molecule has 0 fully saturated rings. The highest BCUT2D eigenvalue weighted by atomic mass is 19.3. The molecule has 0 bridgehead atoms. The van der Waals surface area contributed by atoms with Crippen molar-refractivity contribution in [1.82, 2.24) is 14.6 Å². The van der Waals surface area contributed by atoms with Gasteiger partial charge in [0.05, 0.1) is 12.7 Å². The van der Waals surface area contributed by atoms with Crippen molar-refractivity contribution >= 4 is 11.6 Å². The lowest BCUT2D eigenvalue weighted by molar-refractivity contribution is -0.0374. The number of hydrogen-bond acceptors (Lipinski definition) is 4. The second-order valence-electron chi connectivity index (χ2n) is 3.45. The number of aromatic nitrogens is 3. The summed E-state index contributed by atoms with van der Waals surface area (Å²) in [6.45, 7) is -2.05. The van der Waals surface area contributed by atoms with Crippen molar-refractivity contribution in [1.29, 1.82) is 0 Å². The average molecular weight is 246 g/mol. The number of alkyl halides is 2. The third-order valence-corrected chi connectivity index (χ3v) is 2.03. The van der Waals surface area contributed by atoms with E-state index in [-0.39, 0.29) is 5.95 Å². The van der Waals surface area contributed by atoms with Crippen LogP contribution in [-0.4, -0.2) is 38.8 Å². The molecule has 0 radical (unpaired) electrons. The summed E-state index contributed by atoms with van der Waals surface area (Å²) in [5, 5.41) is 14.4. The summed E-state index contributed by atoms with van der Waals surface area (Å²) in [7, 11) is 0. The number of aliphatic hydroxyl groups is 1. The summed E-state index contributed by atoms with van der Waals surface area (Å²) < 4.78 is 39.4. The molecule has 2 rings (SSSR count). The summed E-state index contributed by atoms with van der Waals surface area (Å²) in [4.78, 5) is 3.85. The zero-order chi connectivity index (χ0) is 12.5. The molecule has 92 valence electrons. The Hall–Kier alpha value is -1.83. The van der Waals surface area contributed by atoms with Crippen LogP contribution in [-0.2, 0) is 0 Å². The monoisotopic (exact) mass is 246 g/mol. The lowest BCUT2D eigenvalue weighted by Crippen LogP contribution is -2.31. The third kappa shape index (κ3) is 2.64. The molecule has 0 unspecified atom stereocenters.